The van der Waals surface area contributed by atoms with Crippen molar-refractivity contribution in [1.29, 1.82) is 0 Å². The number of carboxylic acid groups (broad SMARTS) is 1. The van der Waals surface area contributed by atoms with Crippen LogP contribution in [0.25, 0.3) is 6.08 Å². The van der Waals surface area contributed by atoms with Gasteiger partial charge in [0.05, 0.1) is 0 Å². The third kappa shape index (κ3) is 3.91. The van der Waals surface area contributed by atoms with Crippen LogP contribution in [0.15, 0.2) is 24.4 Å². The molecular weight excluding hydrogens is 192 g/mol. The topological polar surface area (TPSA) is 62.2 Å². The van der Waals surface area contributed by atoms with Crippen LogP contribution in [-0.4, -0.2) is 29.7 Å². The van der Waals surface area contributed by atoms with Crippen LogP contribution in [-0.2, 0) is 0 Å². The predicted octanol–water partition coefficient (Wildman–Crippen LogP) is 1.40. The first kappa shape index (κ1) is 11.4. The Labute approximate surface area is 88.7 Å². The molecule has 1 aromatic heterocycles. The van der Waals surface area contributed by atoms with Crippen LogP contribution in [0.1, 0.15) is 22.5 Å². The highest BCUT2D eigenvalue weighted by molar-refractivity contribution is 5.85. The Kier molecular flexibility index (Phi) is 4.50. The summed E-state index contributed by atoms with van der Waals surface area (Å²) in [6.45, 7) is 0.910. The van der Waals surface area contributed by atoms with Gasteiger partial charge in [-0.1, -0.05) is 12.2 Å². The van der Waals surface area contributed by atoms with Gasteiger partial charge in [-0.25, -0.2) is 9.78 Å². The summed E-state index contributed by atoms with van der Waals surface area (Å²) in [4.78, 5) is 14.4. The number of rotatable bonds is 5. The summed E-state index contributed by atoms with van der Waals surface area (Å²) in [5.74, 6) is -1.000. The van der Waals surface area contributed by atoms with Crippen molar-refractivity contribution in [2.45, 2.75) is 6.42 Å². The molecule has 0 aliphatic heterocycles. The van der Waals surface area contributed by atoms with E-state index in [0.29, 0.717) is 0 Å². The van der Waals surface area contributed by atoms with Crippen molar-refractivity contribution in [2.24, 2.45) is 0 Å². The molecule has 1 aromatic rings. The quantitative estimate of drug-likeness (QED) is 0.715. The third-order valence-corrected chi connectivity index (χ3v) is 1.87. The lowest BCUT2D eigenvalue weighted by atomic mass is 10.2. The number of carboxylic acids is 1. The van der Waals surface area contributed by atoms with E-state index in [0.717, 1.165) is 18.5 Å². The number of carbonyl (C=O) groups is 1. The summed E-state index contributed by atoms with van der Waals surface area (Å²) in [6, 6.07) is 3.33. The van der Waals surface area contributed by atoms with E-state index in [1.54, 1.807) is 12.1 Å². The molecule has 0 spiro atoms. The largest absolute Gasteiger partial charge is 0.477 e. The van der Waals surface area contributed by atoms with Gasteiger partial charge >= 0.3 is 5.97 Å². The number of nitrogens with zero attached hydrogens (tertiary/aromatic N) is 1. The molecule has 0 unspecified atom stereocenters. The second-order valence-electron chi connectivity index (χ2n) is 3.07. The molecule has 2 N–H and O–H groups in total. The van der Waals surface area contributed by atoms with Gasteiger partial charge in [0.1, 0.15) is 5.69 Å². The van der Waals surface area contributed by atoms with Gasteiger partial charge in [-0.3, -0.25) is 0 Å². The van der Waals surface area contributed by atoms with Gasteiger partial charge in [0.15, 0.2) is 0 Å². The molecule has 15 heavy (non-hydrogen) atoms. The molecule has 1 heterocycles. The lowest BCUT2D eigenvalue weighted by Gasteiger charge is -1.96. The van der Waals surface area contributed by atoms with E-state index in [4.69, 9.17) is 5.11 Å². The molecule has 0 fully saturated rings. The van der Waals surface area contributed by atoms with Gasteiger partial charge in [0.25, 0.3) is 0 Å². The Balaban J connectivity index is 2.65. The lowest BCUT2D eigenvalue weighted by Crippen LogP contribution is -2.05. The molecule has 0 atom stereocenters. The molecule has 0 aliphatic carbocycles. The van der Waals surface area contributed by atoms with E-state index in [-0.39, 0.29) is 5.69 Å². The maximum Gasteiger partial charge on any atom is 0.354 e. The normalized spacial score (nSPS) is 10.7. The first-order valence-corrected chi connectivity index (χ1v) is 4.74. The molecular formula is C11H14N2O2. The minimum absolute atomic E-state index is 0.0748. The van der Waals surface area contributed by atoms with Crippen molar-refractivity contribution in [3.05, 3.63) is 35.7 Å². The van der Waals surface area contributed by atoms with E-state index >= 15 is 0 Å². The Hall–Kier alpha value is -1.68. The number of hydrogen-bond donors (Lipinski definition) is 2. The van der Waals surface area contributed by atoms with Gasteiger partial charge in [0, 0.05) is 6.20 Å². The second kappa shape index (κ2) is 5.93. The van der Waals surface area contributed by atoms with Crippen LogP contribution >= 0.6 is 0 Å². The molecule has 0 radical (unpaired) electrons. The van der Waals surface area contributed by atoms with Crippen LogP contribution < -0.4 is 5.32 Å². The summed E-state index contributed by atoms with van der Waals surface area (Å²) >= 11 is 0. The van der Waals surface area contributed by atoms with Crippen molar-refractivity contribution < 1.29 is 9.90 Å². The Bertz CT molecular complexity index is 361. The molecule has 4 nitrogen and oxygen atoms in total. The highest BCUT2D eigenvalue weighted by atomic mass is 16.4. The molecule has 4 heteroatoms. The van der Waals surface area contributed by atoms with Gasteiger partial charge in [0.2, 0.25) is 0 Å². The Morgan fingerprint density at radius 3 is 3.13 bits per heavy atom. The minimum atomic E-state index is -1.000. The van der Waals surface area contributed by atoms with Gasteiger partial charge in [-0.05, 0) is 37.7 Å². The van der Waals surface area contributed by atoms with Gasteiger partial charge < -0.3 is 10.4 Å². The number of aromatic nitrogens is 1. The van der Waals surface area contributed by atoms with Crippen LogP contribution in [0.3, 0.4) is 0 Å². The molecule has 0 amide bonds. The van der Waals surface area contributed by atoms with E-state index in [9.17, 15) is 4.79 Å². The SMILES string of the molecule is CNCCC=Cc1ccnc(C(=O)O)c1. The second-order valence-corrected chi connectivity index (χ2v) is 3.07. The van der Waals surface area contributed by atoms with Crippen molar-refractivity contribution >= 4 is 12.0 Å². The summed E-state index contributed by atoms with van der Waals surface area (Å²) in [5.41, 5.74) is 0.935. The smallest absolute Gasteiger partial charge is 0.354 e. The van der Waals surface area contributed by atoms with Crippen LogP contribution in [0.5, 0.6) is 0 Å². The summed E-state index contributed by atoms with van der Waals surface area (Å²) in [7, 11) is 1.89. The van der Waals surface area contributed by atoms with Crippen LogP contribution in [0.2, 0.25) is 0 Å². The number of aromatic carboxylic acids is 1. The zero-order valence-corrected chi connectivity index (χ0v) is 8.60. The monoisotopic (exact) mass is 206 g/mol. The standard InChI is InChI=1S/C11H14N2O2/c1-12-6-3-2-4-9-5-7-13-10(8-9)11(14)15/h2,4-5,7-8,12H,3,6H2,1H3,(H,14,15). The highest BCUT2D eigenvalue weighted by Gasteiger charge is 2.02. The molecule has 0 aliphatic rings. The fourth-order valence-electron chi connectivity index (χ4n) is 1.11. The van der Waals surface area contributed by atoms with Gasteiger partial charge in [-0.15, -0.1) is 0 Å². The summed E-state index contributed by atoms with van der Waals surface area (Å²) < 4.78 is 0. The van der Waals surface area contributed by atoms with E-state index in [2.05, 4.69) is 10.3 Å². The third-order valence-electron chi connectivity index (χ3n) is 1.87. The van der Waals surface area contributed by atoms with Gasteiger partial charge in [-0.2, -0.15) is 0 Å². The molecule has 0 aromatic carbocycles. The molecule has 0 saturated carbocycles. The number of hydrogen-bond acceptors (Lipinski definition) is 3. The van der Waals surface area contributed by atoms with Crippen molar-refractivity contribution in [3.63, 3.8) is 0 Å². The van der Waals surface area contributed by atoms with E-state index in [1.165, 1.54) is 6.20 Å². The first-order chi connectivity index (χ1) is 7.24. The highest BCUT2D eigenvalue weighted by Crippen LogP contribution is 2.04. The summed E-state index contributed by atoms with van der Waals surface area (Å²) in [5, 5.41) is 11.7. The van der Waals surface area contributed by atoms with Crippen molar-refractivity contribution in [2.75, 3.05) is 13.6 Å². The average molecular weight is 206 g/mol. The fraction of sp³-hybridized carbons (Fsp3) is 0.273. The van der Waals surface area contributed by atoms with Crippen LogP contribution in [0, 0.1) is 0 Å². The Morgan fingerprint density at radius 2 is 2.47 bits per heavy atom. The maximum atomic E-state index is 10.6. The molecule has 0 bridgehead atoms. The number of pyridine rings is 1. The van der Waals surface area contributed by atoms with E-state index < -0.39 is 5.97 Å². The zero-order chi connectivity index (χ0) is 11.1. The molecule has 0 saturated heterocycles. The fourth-order valence-corrected chi connectivity index (χ4v) is 1.11. The van der Waals surface area contributed by atoms with E-state index in [1.807, 2.05) is 19.2 Å². The molecule has 1 rings (SSSR count). The Morgan fingerprint density at radius 1 is 1.67 bits per heavy atom. The lowest BCUT2D eigenvalue weighted by molar-refractivity contribution is 0.0690. The number of nitrogens with one attached hydrogen (secondary N) is 1. The minimum Gasteiger partial charge on any atom is -0.477 e. The zero-order valence-electron chi connectivity index (χ0n) is 8.60. The first-order valence-electron chi connectivity index (χ1n) is 4.74. The maximum absolute atomic E-state index is 10.6. The molecule has 80 valence electrons. The summed E-state index contributed by atoms with van der Waals surface area (Å²) in [6.07, 6.45) is 6.31. The van der Waals surface area contributed by atoms with Crippen molar-refractivity contribution in [3.8, 4) is 0 Å². The van der Waals surface area contributed by atoms with Crippen LogP contribution in [0.4, 0.5) is 0 Å². The predicted molar refractivity (Wildman–Crippen MR) is 58.8 cm³/mol. The average Bonchev–Trinajstić information content (AvgIpc) is 2.25. The van der Waals surface area contributed by atoms with Crippen molar-refractivity contribution in [1.82, 2.24) is 10.3 Å².